The summed E-state index contributed by atoms with van der Waals surface area (Å²) in [5.41, 5.74) is 1.50. The minimum Gasteiger partial charge on any atom is -0.494 e. The van der Waals surface area contributed by atoms with Crippen molar-refractivity contribution in [1.82, 2.24) is 9.55 Å². The van der Waals surface area contributed by atoms with Crippen LogP contribution in [0.3, 0.4) is 0 Å². The molecular weight excluding hydrogens is 368 g/mol. The Labute approximate surface area is 168 Å². The van der Waals surface area contributed by atoms with Crippen LogP contribution in [0.4, 0.5) is 5.69 Å². The van der Waals surface area contributed by atoms with Gasteiger partial charge in [-0.1, -0.05) is 6.07 Å². The van der Waals surface area contributed by atoms with Gasteiger partial charge in [0, 0.05) is 18.6 Å². The molecule has 3 rings (SSSR count). The van der Waals surface area contributed by atoms with Crippen molar-refractivity contribution in [3.63, 3.8) is 0 Å². The fourth-order valence-corrected chi connectivity index (χ4v) is 2.88. The summed E-state index contributed by atoms with van der Waals surface area (Å²) in [6.07, 6.45) is 4.68. The van der Waals surface area contributed by atoms with Crippen LogP contribution in [-0.4, -0.2) is 27.5 Å². The molecule has 1 aromatic carbocycles. The molecule has 0 unspecified atom stereocenters. The molecule has 7 heteroatoms. The number of hydrogen-bond acceptors (Lipinski definition) is 6. The Balaban J connectivity index is 2.02. The van der Waals surface area contributed by atoms with Crippen molar-refractivity contribution in [3.05, 3.63) is 81.4 Å². The van der Waals surface area contributed by atoms with Crippen molar-refractivity contribution < 1.29 is 9.84 Å². The molecule has 2 aromatic heterocycles. The topological polar surface area (TPSA) is 100 Å². The quantitative estimate of drug-likeness (QED) is 0.653. The van der Waals surface area contributed by atoms with Crippen molar-refractivity contribution in [1.29, 1.82) is 5.26 Å². The van der Waals surface area contributed by atoms with Crippen LogP contribution >= 0.6 is 0 Å². The van der Waals surface area contributed by atoms with Gasteiger partial charge in [-0.25, -0.2) is 0 Å². The Kier molecular flexibility index (Phi) is 6.05. The molecule has 0 atom stereocenters. The van der Waals surface area contributed by atoms with E-state index in [9.17, 15) is 15.2 Å². The summed E-state index contributed by atoms with van der Waals surface area (Å²) in [5.74, 6) is 0.493. The predicted octanol–water partition coefficient (Wildman–Crippen LogP) is 3.33. The van der Waals surface area contributed by atoms with Crippen LogP contribution < -0.4 is 10.3 Å². The van der Waals surface area contributed by atoms with Crippen molar-refractivity contribution in [2.75, 3.05) is 6.61 Å². The lowest BCUT2D eigenvalue weighted by molar-refractivity contribution is 0.340. The van der Waals surface area contributed by atoms with Gasteiger partial charge < -0.3 is 9.84 Å². The van der Waals surface area contributed by atoms with E-state index in [0.29, 0.717) is 23.4 Å². The van der Waals surface area contributed by atoms with Crippen molar-refractivity contribution >= 4 is 11.9 Å². The summed E-state index contributed by atoms with van der Waals surface area (Å²) < 4.78 is 6.56. The maximum atomic E-state index is 12.7. The molecular formula is C22H20N4O3. The number of nitriles is 1. The second-order valence-electron chi connectivity index (χ2n) is 6.29. The molecule has 0 amide bonds. The molecule has 0 bridgehead atoms. The number of benzene rings is 1. The summed E-state index contributed by atoms with van der Waals surface area (Å²) in [4.78, 5) is 21.1. The monoisotopic (exact) mass is 388 g/mol. The maximum Gasteiger partial charge on any atom is 0.271 e. The van der Waals surface area contributed by atoms with E-state index >= 15 is 0 Å². The largest absolute Gasteiger partial charge is 0.494 e. The molecule has 0 saturated heterocycles. The third-order valence-corrected chi connectivity index (χ3v) is 4.40. The van der Waals surface area contributed by atoms with E-state index < -0.39 is 5.56 Å². The van der Waals surface area contributed by atoms with Gasteiger partial charge in [0.15, 0.2) is 0 Å². The van der Waals surface area contributed by atoms with E-state index in [1.807, 2.05) is 13.0 Å². The van der Waals surface area contributed by atoms with Gasteiger partial charge in [0.05, 0.1) is 24.4 Å². The number of pyridine rings is 2. The molecule has 0 aliphatic rings. The minimum absolute atomic E-state index is 0.0279. The molecule has 0 aliphatic heterocycles. The summed E-state index contributed by atoms with van der Waals surface area (Å²) in [7, 11) is 0. The predicted molar refractivity (Wildman–Crippen MR) is 110 cm³/mol. The minimum atomic E-state index is -0.551. The number of aliphatic imine (C=N–C) groups is 1. The third-order valence-electron chi connectivity index (χ3n) is 4.40. The molecule has 2 heterocycles. The number of rotatable bonds is 6. The van der Waals surface area contributed by atoms with Crippen molar-refractivity contribution in [2.45, 2.75) is 20.4 Å². The highest BCUT2D eigenvalue weighted by Gasteiger charge is 2.18. The Bertz CT molecular complexity index is 1130. The number of hydrogen-bond donors (Lipinski definition) is 1. The molecule has 7 nitrogen and oxygen atoms in total. The zero-order valence-electron chi connectivity index (χ0n) is 16.2. The molecule has 146 valence electrons. The normalized spacial score (nSPS) is 10.8. The molecule has 0 saturated carbocycles. The Morgan fingerprint density at radius 3 is 2.69 bits per heavy atom. The summed E-state index contributed by atoms with van der Waals surface area (Å²) in [6.45, 7) is 4.20. The Hall–Kier alpha value is -3.92. The first-order valence-electron chi connectivity index (χ1n) is 9.07. The van der Waals surface area contributed by atoms with Gasteiger partial charge in [-0.2, -0.15) is 5.26 Å². The van der Waals surface area contributed by atoms with Crippen LogP contribution in [0.25, 0.3) is 0 Å². The number of ether oxygens (including phenoxy) is 1. The van der Waals surface area contributed by atoms with Gasteiger partial charge in [0.2, 0.25) is 5.88 Å². The van der Waals surface area contributed by atoms with Gasteiger partial charge in [0.1, 0.15) is 17.4 Å². The number of aromatic hydroxyl groups is 1. The molecule has 29 heavy (non-hydrogen) atoms. The molecule has 0 fully saturated rings. The zero-order chi connectivity index (χ0) is 20.8. The second kappa shape index (κ2) is 8.85. The SMILES string of the molecule is CCOc1ccc(N=Cc2c(C)c(C#N)c(=O)n(Cc3cccnc3)c2O)cc1. The van der Waals surface area contributed by atoms with E-state index in [-0.39, 0.29) is 18.0 Å². The smallest absolute Gasteiger partial charge is 0.271 e. The summed E-state index contributed by atoms with van der Waals surface area (Å²) in [5, 5.41) is 20.2. The third kappa shape index (κ3) is 4.33. The van der Waals surface area contributed by atoms with Crippen LogP contribution in [0.5, 0.6) is 11.6 Å². The summed E-state index contributed by atoms with van der Waals surface area (Å²) >= 11 is 0. The highest BCUT2D eigenvalue weighted by molar-refractivity contribution is 5.87. The van der Waals surface area contributed by atoms with E-state index in [1.54, 1.807) is 55.7 Å². The van der Waals surface area contributed by atoms with Crippen LogP contribution in [0, 0.1) is 18.3 Å². The first kappa shape index (κ1) is 19.8. The Morgan fingerprint density at radius 2 is 2.07 bits per heavy atom. The highest BCUT2D eigenvalue weighted by Crippen LogP contribution is 2.23. The second-order valence-corrected chi connectivity index (χ2v) is 6.29. The zero-order valence-corrected chi connectivity index (χ0v) is 16.2. The molecule has 0 aliphatic carbocycles. The van der Waals surface area contributed by atoms with Crippen molar-refractivity contribution in [3.8, 4) is 17.7 Å². The fraction of sp³-hybridized carbons (Fsp3) is 0.182. The van der Waals surface area contributed by atoms with E-state index in [0.717, 1.165) is 15.9 Å². The van der Waals surface area contributed by atoms with Crippen molar-refractivity contribution in [2.24, 2.45) is 4.99 Å². The van der Waals surface area contributed by atoms with E-state index in [2.05, 4.69) is 9.98 Å². The van der Waals surface area contributed by atoms with Gasteiger partial charge in [-0.3, -0.25) is 19.3 Å². The van der Waals surface area contributed by atoms with Gasteiger partial charge in [0.25, 0.3) is 5.56 Å². The average molecular weight is 388 g/mol. The van der Waals surface area contributed by atoms with E-state index in [4.69, 9.17) is 4.74 Å². The van der Waals surface area contributed by atoms with Gasteiger partial charge in [-0.15, -0.1) is 0 Å². The molecule has 0 radical (unpaired) electrons. The lowest BCUT2D eigenvalue weighted by atomic mass is 10.1. The first-order chi connectivity index (χ1) is 14.0. The van der Waals surface area contributed by atoms with E-state index in [1.165, 1.54) is 6.21 Å². The van der Waals surface area contributed by atoms with Crippen LogP contribution in [0.1, 0.15) is 29.2 Å². The number of aromatic nitrogens is 2. The number of nitrogens with zero attached hydrogens (tertiary/aromatic N) is 4. The highest BCUT2D eigenvalue weighted by atomic mass is 16.5. The molecule has 1 N–H and O–H groups in total. The van der Waals surface area contributed by atoms with Gasteiger partial charge >= 0.3 is 0 Å². The first-order valence-corrected chi connectivity index (χ1v) is 9.07. The lowest BCUT2D eigenvalue weighted by Gasteiger charge is -2.14. The van der Waals surface area contributed by atoms with Gasteiger partial charge in [-0.05, 0) is 55.3 Å². The maximum absolute atomic E-state index is 12.7. The Morgan fingerprint density at radius 1 is 1.31 bits per heavy atom. The van der Waals surface area contributed by atoms with Crippen LogP contribution in [0.15, 0.2) is 58.6 Å². The van der Waals surface area contributed by atoms with Crippen LogP contribution in [0.2, 0.25) is 0 Å². The fourth-order valence-electron chi connectivity index (χ4n) is 2.88. The molecule has 0 spiro atoms. The standard InChI is InChI=1S/C22H20N4O3/c1-3-29-18-8-6-17(7-9-18)25-13-20-15(2)19(11-23)21(27)26(22(20)28)14-16-5-4-10-24-12-16/h4-10,12-13,28H,3,14H2,1-2H3. The average Bonchev–Trinajstić information content (AvgIpc) is 2.73. The molecule has 3 aromatic rings. The summed E-state index contributed by atoms with van der Waals surface area (Å²) in [6, 6.07) is 12.6. The van der Waals surface area contributed by atoms with Crippen LogP contribution in [-0.2, 0) is 6.54 Å². The lowest BCUT2D eigenvalue weighted by Crippen LogP contribution is -2.26.